The van der Waals surface area contributed by atoms with E-state index in [4.69, 9.17) is 4.74 Å². The van der Waals surface area contributed by atoms with E-state index in [2.05, 4.69) is 0 Å². The zero-order valence-electron chi connectivity index (χ0n) is 10.2. The molecule has 5 heteroatoms. The average Bonchev–Trinajstić information content (AvgIpc) is 2.28. The smallest absolute Gasteiger partial charge is 0.308 e. The first-order valence-corrected chi connectivity index (χ1v) is 7.03. The van der Waals surface area contributed by atoms with Crippen molar-refractivity contribution >= 4 is 16.6 Å². The van der Waals surface area contributed by atoms with E-state index in [0.717, 1.165) is 5.57 Å². The molecule has 0 amide bonds. The van der Waals surface area contributed by atoms with E-state index in [1.807, 2.05) is 6.92 Å². The van der Waals surface area contributed by atoms with Crippen LogP contribution in [-0.2, 0) is 9.53 Å². The summed E-state index contributed by atoms with van der Waals surface area (Å²) in [5.74, 6) is -0.126. The van der Waals surface area contributed by atoms with Gasteiger partial charge in [0.15, 0.2) is 0 Å². The molecule has 1 unspecified atom stereocenters. The first kappa shape index (κ1) is 13.5. The van der Waals surface area contributed by atoms with Gasteiger partial charge in [0, 0.05) is 0 Å². The molecule has 0 saturated heterocycles. The molecule has 0 saturated carbocycles. The molecule has 1 atom stereocenters. The van der Waals surface area contributed by atoms with Gasteiger partial charge >= 0.3 is 5.97 Å². The molecule has 16 heavy (non-hydrogen) atoms. The predicted octanol–water partition coefficient (Wildman–Crippen LogP) is 2.80. The topological polar surface area (TPSA) is 66.8 Å². The van der Waals surface area contributed by atoms with Crippen molar-refractivity contribution in [3.8, 4) is 0 Å². The maximum absolute atomic E-state index is 11.6. The second-order valence-corrected chi connectivity index (χ2v) is 7.45. The van der Waals surface area contributed by atoms with Gasteiger partial charge in [0.05, 0.1) is 17.4 Å². The Hall–Kier alpha value is -0.520. The number of carbonyl (C=O) groups is 1. The summed E-state index contributed by atoms with van der Waals surface area (Å²) in [6, 6.07) is 0. The Morgan fingerprint density at radius 1 is 1.56 bits per heavy atom. The summed E-state index contributed by atoms with van der Waals surface area (Å²) in [6.07, 6.45) is 1.83. The fraction of sp³-hybridized carbons (Fsp3) is 0.727. The fourth-order valence-electron chi connectivity index (χ4n) is 1.63. The Labute approximate surface area is 98.0 Å². The highest BCUT2D eigenvalue weighted by Gasteiger charge is 2.34. The predicted molar refractivity (Wildman–Crippen MR) is 65.7 cm³/mol. The van der Waals surface area contributed by atoms with Gasteiger partial charge in [-0.2, -0.15) is 10.6 Å². The first-order valence-electron chi connectivity index (χ1n) is 5.25. The third-order valence-electron chi connectivity index (χ3n) is 2.39. The van der Waals surface area contributed by atoms with E-state index in [9.17, 15) is 13.9 Å². The van der Waals surface area contributed by atoms with Crippen LogP contribution in [0.1, 0.15) is 34.1 Å². The molecule has 1 aliphatic rings. The molecule has 0 aliphatic carbocycles. The van der Waals surface area contributed by atoms with Crippen molar-refractivity contribution in [1.29, 1.82) is 0 Å². The molecular weight excluding hydrogens is 228 g/mol. The molecule has 0 bridgehead atoms. The van der Waals surface area contributed by atoms with Gasteiger partial charge in [-0.25, -0.2) is 0 Å². The van der Waals surface area contributed by atoms with Crippen molar-refractivity contribution in [1.82, 2.24) is 0 Å². The summed E-state index contributed by atoms with van der Waals surface area (Å²) < 4.78 is 24.7. The van der Waals surface area contributed by atoms with Crippen molar-refractivity contribution in [3.63, 3.8) is 0 Å². The van der Waals surface area contributed by atoms with E-state index >= 15 is 0 Å². The monoisotopic (exact) mass is 248 g/mol. The Morgan fingerprint density at radius 3 is 2.50 bits per heavy atom. The average molecular weight is 248 g/mol. The lowest BCUT2D eigenvalue weighted by molar-refractivity contribution is -0.154. The minimum absolute atomic E-state index is 0.0436. The first-order chi connectivity index (χ1) is 7.12. The van der Waals surface area contributed by atoms with E-state index in [0.29, 0.717) is 0 Å². The molecule has 0 aromatic rings. The summed E-state index contributed by atoms with van der Waals surface area (Å²) in [5.41, 5.74) is 0.335. The highest BCUT2D eigenvalue weighted by molar-refractivity contribution is 8.25. The van der Waals surface area contributed by atoms with Crippen LogP contribution in [0.3, 0.4) is 0 Å². The third-order valence-corrected chi connectivity index (χ3v) is 4.49. The Balaban J connectivity index is 2.61. The van der Waals surface area contributed by atoms with Crippen molar-refractivity contribution in [3.05, 3.63) is 11.6 Å². The third kappa shape index (κ3) is 3.50. The molecular formula is C11H20O4S. The normalized spacial score (nSPS) is 26.1. The minimum atomic E-state index is -2.68. The zero-order chi connectivity index (χ0) is 12.6. The molecule has 0 spiro atoms. The lowest BCUT2D eigenvalue weighted by Gasteiger charge is -2.35. The van der Waals surface area contributed by atoms with E-state index in [-0.39, 0.29) is 18.1 Å². The lowest BCUT2D eigenvalue weighted by Crippen LogP contribution is -2.28. The number of esters is 1. The second kappa shape index (κ2) is 4.39. The van der Waals surface area contributed by atoms with Crippen LogP contribution in [0.2, 0.25) is 0 Å². The number of rotatable bonds is 2. The number of ether oxygens (including phenoxy) is 1. The molecule has 0 aromatic carbocycles. The second-order valence-electron chi connectivity index (χ2n) is 5.11. The Kier molecular flexibility index (Phi) is 3.72. The molecule has 1 rings (SSSR count). The zero-order valence-corrected chi connectivity index (χ0v) is 11.0. The van der Waals surface area contributed by atoms with Crippen LogP contribution in [0.15, 0.2) is 11.6 Å². The van der Waals surface area contributed by atoms with E-state index < -0.39 is 21.4 Å². The molecule has 2 N–H and O–H groups in total. The Morgan fingerprint density at radius 2 is 2.12 bits per heavy atom. The maximum atomic E-state index is 11.6. The van der Waals surface area contributed by atoms with Gasteiger partial charge in [-0.05, 0) is 27.7 Å². The van der Waals surface area contributed by atoms with Crippen LogP contribution >= 0.6 is 10.6 Å². The van der Waals surface area contributed by atoms with Crippen LogP contribution in [0.25, 0.3) is 0 Å². The summed E-state index contributed by atoms with van der Waals surface area (Å²) in [7, 11) is -2.68. The van der Waals surface area contributed by atoms with Gasteiger partial charge in [0.1, 0.15) is 5.60 Å². The van der Waals surface area contributed by atoms with E-state index in [1.165, 1.54) is 0 Å². The SMILES string of the molecule is CC1=CCS(O)(O)C1CC(=O)OC(C)(C)C. The summed E-state index contributed by atoms with van der Waals surface area (Å²) in [6.45, 7) is 7.19. The molecule has 94 valence electrons. The highest BCUT2D eigenvalue weighted by Crippen LogP contribution is 2.53. The largest absolute Gasteiger partial charge is 0.460 e. The maximum Gasteiger partial charge on any atom is 0.308 e. The molecule has 4 nitrogen and oxygen atoms in total. The fourth-order valence-corrected chi connectivity index (χ4v) is 3.46. The standard InChI is InChI=1S/C11H20O4S/c1-8-5-6-16(13,14)9(8)7-10(12)15-11(2,3)4/h5,9,13-14H,6-7H2,1-4H3. The Bertz CT molecular complexity index is 314. The van der Waals surface area contributed by atoms with Crippen molar-refractivity contribution in [2.45, 2.75) is 45.0 Å². The van der Waals surface area contributed by atoms with Gasteiger partial charge in [0.25, 0.3) is 0 Å². The van der Waals surface area contributed by atoms with Crippen LogP contribution in [0.4, 0.5) is 0 Å². The molecule has 1 aliphatic heterocycles. The van der Waals surface area contributed by atoms with Crippen molar-refractivity contribution in [2.75, 3.05) is 5.75 Å². The highest BCUT2D eigenvalue weighted by atomic mass is 32.3. The van der Waals surface area contributed by atoms with Gasteiger partial charge in [-0.15, -0.1) is 0 Å². The van der Waals surface area contributed by atoms with Crippen LogP contribution in [-0.4, -0.2) is 31.7 Å². The van der Waals surface area contributed by atoms with Crippen LogP contribution < -0.4 is 0 Å². The number of hydrogen-bond acceptors (Lipinski definition) is 4. The molecule has 0 aromatic heterocycles. The number of hydrogen-bond donors (Lipinski definition) is 2. The van der Waals surface area contributed by atoms with Gasteiger partial charge in [-0.3, -0.25) is 13.9 Å². The van der Waals surface area contributed by atoms with Crippen LogP contribution in [0, 0.1) is 0 Å². The lowest BCUT2D eigenvalue weighted by atomic mass is 10.1. The quantitative estimate of drug-likeness (QED) is 0.582. The molecule has 0 radical (unpaired) electrons. The summed E-state index contributed by atoms with van der Waals surface area (Å²) in [5, 5.41) is -0.470. The molecule has 1 heterocycles. The van der Waals surface area contributed by atoms with Gasteiger partial charge in [-0.1, -0.05) is 11.6 Å². The van der Waals surface area contributed by atoms with Gasteiger partial charge < -0.3 is 4.74 Å². The van der Waals surface area contributed by atoms with Crippen LogP contribution in [0.5, 0.6) is 0 Å². The molecule has 0 fully saturated rings. The van der Waals surface area contributed by atoms with E-state index in [1.54, 1.807) is 26.8 Å². The number of carbonyl (C=O) groups excluding carboxylic acids is 1. The van der Waals surface area contributed by atoms with Gasteiger partial charge in [0.2, 0.25) is 0 Å². The summed E-state index contributed by atoms with van der Waals surface area (Å²) in [4.78, 5) is 11.6. The summed E-state index contributed by atoms with van der Waals surface area (Å²) >= 11 is 0. The van der Waals surface area contributed by atoms with Crippen molar-refractivity contribution < 1.29 is 18.6 Å². The minimum Gasteiger partial charge on any atom is -0.460 e. The van der Waals surface area contributed by atoms with Crippen molar-refractivity contribution in [2.24, 2.45) is 0 Å².